The first-order valence-electron chi connectivity index (χ1n) is 22.1. The Morgan fingerprint density at radius 3 is 0.878 bits per heavy atom. The molecule has 4 heterocycles. The number of aliphatic hydroxyl groups is 4. The lowest BCUT2D eigenvalue weighted by Gasteiger charge is -2.49. The SMILES string of the molecule is C=C(C)c1c(C(C)(C)OC2(C)COC(C)(O)C2(F)F)c(C(C)(C)OC2(C)COC(O)(C(F)(F)F)C2(F)F)cc(C(C)(C)OC2(C)COC(O)(C(F)(F)F)C2(F)F)c1C(C)(C)OC1(C)COC(O)(C(F)(F)F)C1(F)F. The molecule has 0 saturated carbocycles. The Kier molecular flexibility index (Phi) is 14.0. The summed E-state index contributed by atoms with van der Waals surface area (Å²) in [6.45, 7) is 7.48. The van der Waals surface area contributed by atoms with E-state index in [1.165, 1.54) is 0 Å². The molecule has 0 bridgehead atoms. The first-order valence-corrected chi connectivity index (χ1v) is 22.1. The summed E-state index contributed by atoms with van der Waals surface area (Å²) in [5.74, 6) is -40.0. The van der Waals surface area contributed by atoms with E-state index in [4.69, 9.17) is 23.7 Å². The molecular weight excluding hydrogens is 1060 g/mol. The van der Waals surface area contributed by atoms with Gasteiger partial charge >= 0.3 is 59.6 Å². The van der Waals surface area contributed by atoms with Crippen molar-refractivity contribution < 1.29 is 133 Å². The molecule has 4 aliphatic heterocycles. The highest BCUT2D eigenvalue weighted by atomic mass is 19.4. The van der Waals surface area contributed by atoms with Crippen molar-refractivity contribution in [2.45, 2.75) is 207 Å². The Morgan fingerprint density at radius 2 is 0.676 bits per heavy atom. The number of benzene rings is 1. The van der Waals surface area contributed by atoms with Gasteiger partial charge in [-0.15, -0.1) is 0 Å². The Hall–Kier alpha value is -2.71. The van der Waals surface area contributed by atoms with Gasteiger partial charge in [0.25, 0.3) is 0 Å². The van der Waals surface area contributed by atoms with Crippen LogP contribution in [0.4, 0.5) is 74.6 Å². The highest BCUT2D eigenvalue weighted by Gasteiger charge is 2.85. The van der Waals surface area contributed by atoms with E-state index in [-0.39, 0.29) is 0 Å². The van der Waals surface area contributed by atoms with Gasteiger partial charge in [-0.1, -0.05) is 12.2 Å². The van der Waals surface area contributed by atoms with Crippen molar-refractivity contribution in [3.63, 3.8) is 0 Å². The van der Waals surface area contributed by atoms with E-state index in [2.05, 4.69) is 20.8 Å². The fourth-order valence-corrected chi connectivity index (χ4v) is 10.2. The normalized spacial score (nSPS) is 36.7. The summed E-state index contributed by atoms with van der Waals surface area (Å²) in [4.78, 5) is 0. The third-order valence-electron chi connectivity index (χ3n) is 14.1. The summed E-state index contributed by atoms with van der Waals surface area (Å²) in [5.41, 5.74) is -29.0. The molecule has 8 atom stereocenters. The molecule has 4 saturated heterocycles. The lowest BCUT2D eigenvalue weighted by molar-refractivity contribution is -0.412. The molecule has 5 rings (SSSR count). The number of hydrogen-bond acceptors (Lipinski definition) is 12. The topological polar surface area (TPSA) is 155 Å². The molecule has 4 N–H and O–H groups in total. The fraction of sp³-hybridized carbons (Fsp3) is 0.822. The van der Waals surface area contributed by atoms with Gasteiger partial charge in [0.2, 0.25) is 5.79 Å². The molecule has 0 aromatic heterocycles. The molecule has 0 spiro atoms. The number of alkyl halides is 17. The molecule has 4 fully saturated rings. The Morgan fingerprint density at radius 1 is 0.446 bits per heavy atom. The van der Waals surface area contributed by atoms with Gasteiger partial charge in [-0.05, 0) is 131 Å². The number of rotatable bonds is 13. The standard InChI is InChI=1S/C45H57F17O12/c1-21(2)24-25(29(7,8)73-31(11)17-67-35(15,63)36(31,46)47)22(27(3,4)71-32(12)18-68-40(64,37(32,48)49)43(54,55)56)16-23(28(5,6)72-33(13)19-69-41(65,38(33,50)51)44(57,58)59)26(24)30(9,10)74-34(14)20-70-42(66,39(34,52)53)45(60,61)62/h16,63-66H,1,17-20H2,2-15H3. The molecule has 0 radical (unpaired) electrons. The molecule has 4 aliphatic rings. The third-order valence-corrected chi connectivity index (χ3v) is 14.1. The molecule has 74 heavy (non-hydrogen) atoms. The lowest BCUT2D eigenvalue weighted by atomic mass is 9.70. The minimum atomic E-state index is -6.26. The van der Waals surface area contributed by atoms with Crippen LogP contribution >= 0.6 is 0 Å². The average molecular weight is 1110 g/mol. The molecule has 428 valence electrons. The van der Waals surface area contributed by atoms with Crippen LogP contribution in [0.3, 0.4) is 0 Å². The first kappa shape index (κ1) is 62.1. The van der Waals surface area contributed by atoms with Gasteiger partial charge < -0.3 is 58.3 Å². The van der Waals surface area contributed by atoms with Crippen LogP contribution in [-0.4, -0.2) is 135 Å². The predicted octanol–water partition coefficient (Wildman–Crippen LogP) is 9.88. The second kappa shape index (κ2) is 16.7. The van der Waals surface area contributed by atoms with Crippen molar-refractivity contribution in [2.24, 2.45) is 0 Å². The minimum absolute atomic E-state index is 0.318. The molecule has 0 amide bonds. The highest BCUT2D eigenvalue weighted by molar-refractivity contribution is 5.74. The molecule has 1 aromatic carbocycles. The maximum Gasteiger partial charge on any atom is 0.449 e. The van der Waals surface area contributed by atoms with Crippen LogP contribution in [0.25, 0.3) is 5.57 Å². The summed E-state index contributed by atoms with van der Waals surface area (Å²) in [5, 5.41) is 41.6. The fourth-order valence-electron chi connectivity index (χ4n) is 10.2. The highest BCUT2D eigenvalue weighted by Crippen LogP contribution is 2.62. The summed E-state index contributed by atoms with van der Waals surface area (Å²) >= 11 is 0. The molecule has 12 nitrogen and oxygen atoms in total. The van der Waals surface area contributed by atoms with E-state index >= 15 is 35.1 Å². The van der Waals surface area contributed by atoms with E-state index in [1.54, 1.807) is 0 Å². The summed E-state index contributed by atoms with van der Waals surface area (Å²) in [6, 6.07) is 0.688. The number of allylic oxidation sites excluding steroid dienone is 1. The van der Waals surface area contributed by atoms with Crippen molar-refractivity contribution in [1.82, 2.24) is 0 Å². The van der Waals surface area contributed by atoms with Crippen molar-refractivity contribution in [2.75, 3.05) is 26.4 Å². The second-order valence-electron chi connectivity index (χ2n) is 22.1. The monoisotopic (exact) mass is 1110 g/mol. The zero-order valence-electron chi connectivity index (χ0n) is 42.1. The van der Waals surface area contributed by atoms with Crippen molar-refractivity contribution in [3.8, 4) is 0 Å². The summed E-state index contributed by atoms with van der Waals surface area (Å²) in [7, 11) is 0. The quantitative estimate of drug-likeness (QED) is 0.139. The van der Waals surface area contributed by atoms with Crippen LogP contribution in [0.15, 0.2) is 12.6 Å². The van der Waals surface area contributed by atoms with Gasteiger partial charge in [0, 0.05) is 0 Å². The van der Waals surface area contributed by atoms with Gasteiger partial charge in [0.15, 0.2) is 22.4 Å². The third kappa shape index (κ3) is 8.39. The van der Waals surface area contributed by atoms with Crippen LogP contribution < -0.4 is 0 Å². The zero-order valence-corrected chi connectivity index (χ0v) is 42.1. The van der Waals surface area contributed by atoms with Crippen LogP contribution in [0.5, 0.6) is 0 Å². The molecule has 0 aliphatic carbocycles. The molecule has 8 unspecified atom stereocenters. The Bertz CT molecular complexity index is 2400. The Balaban J connectivity index is 1.98. The summed E-state index contributed by atoms with van der Waals surface area (Å²) in [6.07, 6.45) is -18.8. The van der Waals surface area contributed by atoms with Crippen LogP contribution in [0.2, 0.25) is 0 Å². The van der Waals surface area contributed by atoms with E-state index in [1.807, 2.05) is 0 Å². The van der Waals surface area contributed by atoms with Crippen LogP contribution in [-0.2, 0) is 60.3 Å². The maximum absolute atomic E-state index is 16.3. The number of hydrogen-bond donors (Lipinski definition) is 4. The van der Waals surface area contributed by atoms with Crippen LogP contribution in [0, 0.1) is 0 Å². The van der Waals surface area contributed by atoms with E-state index in [0.29, 0.717) is 40.7 Å². The smallest absolute Gasteiger partial charge is 0.361 e. The van der Waals surface area contributed by atoms with Gasteiger partial charge in [0.1, 0.15) is 0 Å². The van der Waals surface area contributed by atoms with Crippen molar-refractivity contribution in [1.29, 1.82) is 0 Å². The predicted molar refractivity (Wildman–Crippen MR) is 218 cm³/mol. The zero-order chi connectivity index (χ0) is 58.2. The maximum atomic E-state index is 16.3. The van der Waals surface area contributed by atoms with Gasteiger partial charge in [0.05, 0.1) is 48.8 Å². The molecule has 29 heteroatoms. The van der Waals surface area contributed by atoms with E-state index < -0.39 is 170 Å². The van der Waals surface area contributed by atoms with Crippen molar-refractivity contribution >= 4 is 5.57 Å². The van der Waals surface area contributed by atoms with E-state index in [9.17, 15) is 59.9 Å². The minimum Gasteiger partial charge on any atom is -0.361 e. The lowest BCUT2D eigenvalue weighted by Crippen LogP contribution is -2.64. The Labute approximate surface area is 412 Å². The molecule has 1 aromatic rings. The van der Waals surface area contributed by atoms with Gasteiger partial charge in [-0.2, -0.15) is 74.6 Å². The average Bonchev–Trinajstić information content (AvgIpc) is 3.64. The van der Waals surface area contributed by atoms with Gasteiger partial charge in [-0.3, -0.25) is 0 Å². The number of halogens is 17. The van der Waals surface area contributed by atoms with Crippen molar-refractivity contribution in [3.05, 3.63) is 40.5 Å². The van der Waals surface area contributed by atoms with E-state index in [0.717, 1.165) is 62.3 Å². The summed E-state index contributed by atoms with van der Waals surface area (Å²) < 4.78 is 299. The van der Waals surface area contributed by atoms with Gasteiger partial charge in [-0.25, -0.2) is 0 Å². The van der Waals surface area contributed by atoms with Crippen LogP contribution in [0.1, 0.15) is 125 Å². The second-order valence-corrected chi connectivity index (χ2v) is 22.1. The molecular formula is C45H57F17O12. The first-order chi connectivity index (χ1) is 32.2. The number of ether oxygens (including phenoxy) is 8. The largest absolute Gasteiger partial charge is 0.449 e.